The van der Waals surface area contributed by atoms with Crippen LogP contribution in [-0.4, -0.2) is 17.6 Å². The first kappa shape index (κ1) is 12.2. The summed E-state index contributed by atoms with van der Waals surface area (Å²) in [6, 6.07) is 6.04. The van der Waals surface area contributed by atoms with Gasteiger partial charge in [-0.25, -0.2) is 0 Å². The monoisotopic (exact) mass is 295 g/mol. The maximum absolute atomic E-state index is 11.3. The summed E-state index contributed by atoms with van der Waals surface area (Å²) in [5, 5.41) is 1.16. The van der Waals surface area contributed by atoms with E-state index in [9.17, 15) is 4.79 Å². The van der Waals surface area contributed by atoms with Crippen molar-refractivity contribution in [1.82, 2.24) is 4.98 Å². The molecule has 2 aromatic rings. The number of nitrogens with one attached hydrogen (secondary N) is 1. The number of hydrogen-bond acceptors (Lipinski definition) is 2. The molecule has 0 aliphatic rings. The summed E-state index contributed by atoms with van der Waals surface area (Å²) in [4.78, 5) is 14.5. The second-order valence-corrected chi connectivity index (χ2v) is 4.64. The third kappa shape index (κ3) is 2.69. The summed E-state index contributed by atoms with van der Waals surface area (Å²) in [5.74, 6) is -0.142. The molecule has 1 heterocycles. The first-order valence-corrected chi connectivity index (χ1v) is 6.41. The van der Waals surface area contributed by atoms with Crippen LogP contribution >= 0.6 is 15.9 Å². The number of rotatable bonds is 4. The van der Waals surface area contributed by atoms with Crippen LogP contribution in [0.3, 0.4) is 0 Å². The Labute approximate surface area is 108 Å². The van der Waals surface area contributed by atoms with Gasteiger partial charge in [0, 0.05) is 22.5 Å². The van der Waals surface area contributed by atoms with E-state index in [2.05, 4.69) is 27.0 Å². The zero-order valence-electron chi connectivity index (χ0n) is 9.63. The zero-order valence-corrected chi connectivity index (χ0v) is 11.2. The normalized spacial score (nSPS) is 10.7. The van der Waals surface area contributed by atoms with Gasteiger partial charge in [-0.3, -0.25) is 4.79 Å². The molecule has 0 atom stereocenters. The van der Waals surface area contributed by atoms with E-state index in [1.54, 1.807) is 0 Å². The van der Waals surface area contributed by atoms with Gasteiger partial charge in [-0.05, 0) is 40.9 Å². The summed E-state index contributed by atoms with van der Waals surface area (Å²) in [5.41, 5.74) is 2.22. The molecule has 0 bridgehead atoms. The molecular weight excluding hydrogens is 282 g/mol. The van der Waals surface area contributed by atoms with Crippen LogP contribution in [0.2, 0.25) is 0 Å². The smallest absolute Gasteiger partial charge is 0.306 e. The van der Waals surface area contributed by atoms with Gasteiger partial charge >= 0.3 is 5.97 Å². The lowest BCUT2D eigenvalue weighted by atomic mass is 10.1. The van der Waals surface area contributed by atoms with Crippen molar-refractivity contribution in [2.24, 2.45) is 0 Å². The Hall–Kier alpha value is -1.29. The predicted molar refractivity (Wildman–Crippen MR) is 71.0 cm³/mol. The van der Waals surface area contributed by atoms with Crippen LogP contribution in [0, 0.1) is 0 Å². The maximum Gasteiger partial charge on any atom is 0.306 e. The van der Waals surface area contributed by atoms with Crippen LogP contribution in [0.25, 0.3) is 10.9 Å². The summed E-state index contributed by atoms with van der Waals surface area (Å²) in [6.07, 6.45) is 3.08. The van der Waals surface area contributed by atoms with Crippen LogP contribution in [0.4, 0.5) is 0 Å². The van der Waals surface area contributed by atoms with Crippen molar-refractivity contribution in [3.8, 4) is 0 Å². The van der Waals surface area contributed by atoms with Crippen LogP contribution in [-0.2, 0) is 16.0 Å². The molecule has 3 nitrogen and oxygen atoms in total. The van der Waals surface area contributed by atoms with E-state index >= 15 is 0 Å². The van der Waals surface area contributed by atoms with Crippen LogP contribution < -0.4 is 0 Å². The van der Waals surface area contributed by atoms with Gasteiger partial charge in [0.05, 0.1) is 12.1 Å². The van der Waals surface area contributed by atoms with E-state index in [4.69, 9.17) is 4.74 Å². The molecule has 1 aromatic heterocycles. The number of aromatic amines is 1. The minimum absolute atomic E-state index is 0.142. The fraction of sp³-hybridized carbons (Fsp3) is 0.308. The van der Waals surface area contributed by atoms with Crippen molar-refractivity contribution in [2.75, 3.05) is 6.61 Å². The second kappa shape index (κ2) is 5.36. The van der Waals surface area contributed by atoms with Crippen LogP contribution in [0.1, 0.15) is 18.9 Å². The minimum atomic E-state index is -0.142. The molecule has 4 heteroatoms. The Morgan fingerprint density at radius 1 is 1.47 bits per heavy atom. The van der Waals surface area contributed by atoms with Gasteiger partial charge in [0.15, 0.2) is 0 Å². The highest BCUT2D eigenvalue weighted by Gasteiger charge is 2.08. The standard InChI is InChI=1S/C13H14BrNO2/c1-2-17-12(16)7-6-9-8-15-13-10(9)4-3-5-11(13)14/h3-5,8,15H,2,6-7H2,1H3. The molecule has 17 heavy (non-hydrogen) atoms. The average molecular weight is 296 g/mol. The lowest BCUT2D eigenvalue weighted by Gasteiger charge is -2.01. The number of carbonyl (C=O) groups excluding carboxylic acids is 1. The molecule has 0 saturated heterocycles. The number of aryl methyl sites for hydroxylation is 1. The quantitative estimate of drug-likeness (QED) is 0.878. The van der Waals surface area contributed by atoms with E-state index in [0.29, 0.717) is 19.4 Å². The Balaban J connectivity index is 2.14. The molecule has 2 rings (SSSR count). The number of hydrogen-bond donors (Lipinski definition) is 1. The Kier molecular flexibility index (Phi) is 3.84. The van der Waals surface area contributed by atoms with Crippen molar-refractivity contribution < 1.29 is 9.53 Å². The first-order valence-electron chi connectivity index (χ1n) is 5.62. The number of H-pyrrole nitrogens is 1. The predicted octanol–water partition coefficient (Wildman–Crippen LogP) is 3.43. The summed E-state index contributed by atoms with van der Waals surface area (Å²) in [6.45, 7) is 2.26. The van der Waals surface area contributed by atoms with Crippen molar-refractivity contribution in [1.29, 1.82) is 0 Å². The second-order valence-electron chi connectivity index (χ2n) is 3.78. The summed E-state index contributed by atoms with van der Waals surface area (Å²) >= 11 is 3.49. The molecule has 0 amide bonds. The van der Waals surface area contributed by atoms with Gasteiger partial charge in [-0.15, -0.1) is 0 Å². The third-order valence-corrected chi connectivity index (χ3v) is 3.31. The topological polar surface area (TPSA) is 42.1 Å². The van der Waals surface area contributed by atoms with Crippen molar-refractivity contribution in [3.63, 3.8) is 0 Å². The first-order chi connectivity index (χ1) is 8.22. The van der Waals surface area contributed by atoms with Gasteiger partial charge < -0.3 is 9.72 Å². The molecule has 1 N–H and O–H groups in total. The van der Waals surface area contributed by atoms with Crippen molar-refractivity contribution in [2.45, 2.75) is 19.8 Å². The zero-order chi connectivity index (χ0) is 12.3. The molecule has 0 saturated carbocycles. The molecule has 0 radical (unpaired) electrons. The van der Waals surface area contributed by atoms with Gasteiger partial charge in [-0.2, -0.15) is 0 Å². The lowest BCUT2D eigenvalue weighted by Crippen LogP contribution is -2.04. The molecule has 0 aliphatic carbocycles. The summed E-state index contributed by atoms with van der Waals surface area (Å²) < 4.78 is 5.96. The van der Waals surface area contributed by atoms with Crippen molar-refractivity contribution >= 4 is 32.8 Å². The van der Waals surface area contributed by atoms with Gasteiger partial charge in [0.1, 0.15) is 0 Å². The van der Waals surface area contributed by atoms with Crippen molar-refractivity contribution in [3.05, 3.63) is 34.4 Å². The molecule has 0 fully saturated rings. The summed E-state index contributed by atoms with van der Waals surface area (Å²) in [7, 11) is 0. The van der Waals surface area contributed by atoms with E-state index in [0.717, 1.165) is 20.9 Å². The highest BCUT2D eigenvalue weighted by atomic mass is 79.9. The Morgan fingerprint density at radius 2 is 2.29 bits per heavy atom. The van der Waals surface area contributed by atoms with E-state index in [-0.39, 0.29) is 5.97 Å². The lowest BCUT2D eigenvalue weighted by molar-refractivity contribution is -0.143. The SMILES string of the molecule is CCOC(=O)CCc1c[nH]c2c(Br)cccc12. The van der Waals surface area contributed by atoms with E-state index in [1.807, 2.05) is 25.3 Å². The number of esters is 1. The van der Waals surface area contributed by atoms with E-state index < -0.39 is 0 Å². The Bertz CT molecular complexity index is 533. The highest BCUT2D eigenvalue weighted by molar-refractivity contribution is 9.10. The minimum Gasteiger partial charge on any atom is -0.466 e. The molecular formula is C13H14BrNO2. The van der Waals surface area contributed by atoms with Gasteiger partial charge in [0.2, 0.25) is 0 Å². The number of ether oxygens (including phenoxy) is 1. The average Bonchev–Trinajstić information content (AvgIpc) is 2.72. The molecule has 0 aliphatic heterocycles. The fourth-order valence-corrected chi connectivity index (χ4v) is 2.33. The van der Waals surface area contributed by atoms with Crippen LogP contribution in [0.5, 0.6) is 0 Å². The maximum atomic E-state index is 11.3. The van der Waals surface area contributed by atoms with Gasteiger partial charge in [0.25, 0.3) is 0 Å². The third-order valence-electron chi connectivity index (χ3n) is 2.65. The Morgan fingerprint density at radius 3 is 3.06 bits per heavy atom. The number of benzene rings is 1. The highest BCUT2D eigenvalue weighted by Crippen LogP contribution is 2.26. The number of halogens is 1. The number of fused-ring (bicyclic) bond motifs is 1. The molecule has 0 unspecified atom stereocenters. The largest absolute Gasteiger partial charge is 0.466 e. The molecule has 1 aromatic carbocycles. The van der Waals surface area contributed by atoms with Gasteiger partial charge in [-0.1, -0.05) is 12.1 Å². The molecule has 90 valence electrons. The van der Waals surface area contributed by atoms with Crippen LogP contribution in [0.15, 0.2) is 28.9 Å². The fourth-order valence-electron chi connectivity index (χ4n) is 1.85. The molecule has 0 spiro atoms. The number of carbonyl (C=O) groups is 1. The number of aromatic nitrogens is 1. The number of para-hydroxylation sites is 1. The van der Waals surface area contributed by atoms with E-state index in [1.165, 1.54) is 0 Å².